The summed E-state index contributed by atoms with van der Waals surface area (Å²) in [6, 6.07) is 8.26. The van der Waals surface area contributed by atoms with E-state index in [1.54, 1.807) is 0 Å². The van der Waals surface area contributed by atoms with Crippen LogP contribution in [0.25, 0.3) is 0 Å². The Morgan fingerprint density at radius 3 is 2.65 bits per heavy atom. The summed E-state index contributed by atoms with van der Waals surface area (Å²) < 4.78 is 5.54. The van der Waals surface area contributed by atoms with Gasteiger partial charge in [0, 0.05) is 19.1 Å². The van der Waals surface area contributed by atoms with Crippen LogP contribution in [-0.4, -0.2) is 19.7 Å². The summed E-state index contributed by atoms with van der Waals surface area (Å²) >= 11 is 0. The maximum Gasteiger partial charge on any atom is 0.119 e. The molecule has 3 nitrogen and oxygen atoms in total. The van der Waals surface area contributed by atoms with Crippen molar-refractivity contribution in [2.75, 3.05) is 19.7 Å². The Labute approximate surface area is 104 Å². The van der Waals surface area contributed by atoms with E-state index in [1.165, 1.54) is 5.56 Å². The second-order valence-corrected chi connectivity index (χ2v) is 3.90. The lowest BCUT2D eigenvalue weighted by Gasteiger charge is -2.16. The summed E-state index contributed by atoms with van der Waals surface area (Å²) in [6.07, 6.45) is 2.86. The van der Waals surface area contributed by atoms with Gasteiger partial charge in [0.1, 0.15) is 5.75 Å². The molecule has 3 N–H and O–H groups in total. The van der Waals surface area contributed by atoms with Gasteiger partial charge in [0.2, 0.25) is 0 Å². The second kappa shape index (κ2) is 7.87. The van der Waals surface area contributed by atoms with Gasteiger partial charge in [0.05, 0.1) is 6.61 Å². The molecule has 0 saturated carbocycles. The monoisotopic (exact) mass is 234 g/mol. The fourth-order valence-corrected chi connectivity index (χ4v) is 1.58. The molecule has 0 fully saturated rings. The Kier molecular flexibility index (Phi) is 6.37. The van der Waals surface area contributed by atoms with Crippen LogP contribution in [0, 0.1) is 0 Å². The fraction of sp³-hybridized carbons (Fsp3) is 0.429. The lowest BCUT2D eigenvalue weighted by atomic mass is 10.1. The van der Waals surface area contributed by atoms with Crippen LogP contribution in [-0.2, 0) is 0 Å². The van der Waals surface area contributed by atoms with E-state index < -0.39 is 0 Å². The van der Waals surface area contributed by atoms with Crippen LogP contribution < -0.4 is 15.8 Å². The zero-order valence-corrected chi connectivity index (χ0v) is 10.5. The standard InChI is InChI=1S/C14H22N2O/c1-3-9-16-14(11-15)12-5-7-13(8-6-12)17-10-4-2/h3,5-8,14,16H,1,4,9-11,15H2,2H3. The van der Waals surface area contributed by atoms with Gasteiger partial charge in [-0.05, 0) is 24.1 Å². The molecule has 0 heterocycles. The van der Waals surface area contributed by atoms with Crippen molar-refractivity contribution in [3.63, 3.8) is 0 Å². The molecule has 17 heavy (non-hydrogen) atoms. The van der Waals surface area contributed by atoms with Gasteiger partial charge in [0.15, 0.2) is 0 Å². The summed E-state index contributed by atoms with van der Waals surface area (Å²) in [5, 5.41) is 3.31. The topological polar surface area (TPSA) is 47.3 Å². The molecule has 1 rings (SSSR count). The van der Waals surface area contributed by atoms with Crippen LogP contribution in [0.3, 0.4) is 0 Å². The van der Waals surface area contributed by atoms with Crippen LogP contribution >= 0.6 is 0 Å². The van der Waals surface area contributed by atoms with Gasteiger partial charge < -0.3 is 15.8 Å². The molecule has 0 amide bonds. The molecule has 0 bridgehead atoms. The molecule has 94 valence electrons. The molecule has 3 heteroatoms. The van der Waals surface area contributed by atoms with Crippen LogP contribution in [0.1, 0.15) is 24.9 Å². The Hall–Kier alpha value is -1.32. The fourth-order valence-electron chi connectivity index (χ4n) is 1.58. The largest absolute Gasteiger partial charge is 0.494 e. The first-order valence-electron chi connectivity index (χ1n) is 6.09. The maximum absolute atomic E-state index is 5.74. The zero-order chi connectivity index (χ0) is 12.5. The van der Waals surface area contributed by atoms with Gasteiger partial charge in [-0.15, -0.1) is 6.58 Å². The maximum atomic E-state index is 5.74. The third kappa shape index (κ3) is 4.59. The predicted molar refractivity (Wildman–Crippen MR) is 72.2 cm³/mol. The molecule has 0 aliphatic carbocycles. The highest BCUT2D eigenvalue weighted by atomic mass is 16.5. The van der Waals surface area contributed by atoms with Crippen molar-refractivity contribution >= 4 is 0 Å². The highest BCUT2D eigenvalue weighted by molar-refractivity contribution is 5.29. The molecular weight excluding hydrogens is 212 g/mol. The molecular formula is C14H22N2O. The van der Waals surface area contributed by atoms with Crippen LogP contribution in [0.5, 0.6) is 5.75 Å². The normalized spacial score (nSPS) is 12.1. The SMILES string of the molecule is C=CCNC(CN)c1ccc(OCCC)cc1. The average Bonchev–Trinajstić information content (AvgIpc) is 2.38. The third-order valence-electron chi connectivity index (χ3n) is 2.50. The van der Waals surface area contributed by atoms with Crippen LogP contribution in [0.15, 0.2) is 36.9 Å². The Morgan fingerprint density at radius 1 is 1.41 bits per heavy atom. The Morgan fingerprint density at radius 2 is 2.12 bits per heavy atom. The predicted octanol–water partition coefficient (Wildman–Crippen LogP) is 2.25. The molecule has 0 spiro atoms. The van der Waals surface area contributed by atoms with Crippen molar-refractivity contribution < 1.29 is 4.74 Å². The van der Waals surface area contributed by atoms with Crippen molar-refractivity contribution in [1.82, 2.24) is 5.32 Å². The summed E-state index contributed by atoms with van der Waals surface area (Å²) in [5.41, 5.74) is 6.91. The molecule has 0 aliphatic rings. The molecule has 0 aliphatic heterocycles. The first-order chi connectivity index (χ1) is 8.31. The Bertz CT molecular complexity index is 321. The minimum Gasteiger partial charge on any atom is -0.494 e. The lowest BCUT2D eigenvalue weighted by Crippen LogP contribution is -2.28. The second-order valence-electron chi connectivity index (χ2n) is 3.90. The first-order valence-corrected chi connectivity index (χ1v) is 6.09. The highest BCUT2D eigenvalue weighted by Crippen LogP contribution is 2.17. The van der Waals surface area contributed by atoms with E-state index in [0.29, 0.717) is 6.54 Å². The van der Waals surface area contributed by atoms with Crippen LogP contribution in [0.2, 0.25) is 0 Å². The molecule has 0 saturated heterocycles. The van der Waals surface area contributed by atoms with Gasteiger partial charge in [-0.1, -0.05) is 25.1 Å². The van der Waals surface area contributed by atoms with Crippen molar-refractivity contribution in [3.05, 3.63) is 42.5 Å². The number of hydrogen-bond donors (Lipinski definition) is 2. The van der Waals surface area contributed by atoms with Crippen molar-refractivity contribution in [2.24, 2.45) is 5.73 Å². The first kappa shape index (κ1) is 13.7. The van der Waals surface area contributed by atoms with E-state index in [9.17, 15) is 0 Å². The minimum atomic E-state index is 0.174. The van der Waals surface area contributed by atoms with Crippen molar-refractivity contribution in [2.45, 2.75) is 19.4 Å². The third-order valence-corrected chi connectivity index (χ3v) is 2.50. The van der Waals surface area contributed by atoms with Crippen molar-refractivity contribution in [3.8, 4) is 5.75 Å². The quantitative estimate of drug-likeness (QED) is 0.678. The summed E-state index contributed by atoms with van der Waals surface area (Å²) in [7, 11) is 0. The number of rotatable bonds is 8. The average molecular weight is 234 g/mol. The van der Waals surface area contributed by atoms with Gasteiger partial charge >= 0.3 is 0 Å². The van der Waals surface area contributed by atoms with E-state index >= 15 is 0 Å². The van der Waals surface area contributed by atoms with Gasteiger partial charge in [-0.2, -0.15) is 0 Å². The molecule has 0 aromatic heterocycles. The smallest absolute Gasteiger partial charge is 0.119 e. The van der Waals surface area contributed by atoms with E-state index in [1.807, 2.05) is 18.2 Å². The zero-order valence-electron chi connectivity index (χ0n) is 10.5. The summed E-state index contributed by atoms with van der Waals surface area (Å²) in [6.45, 7) is 7.87. The number of nitrogens with two attached hydrogens (primary N) is 1. The summed E-state index contributed by atoms with van der Waals surface area (Å²) in [4.78, 5) is 0. The van der Waals surface area contributed by atoms with Gasteiger partial charge in [0.25, 0.3) is 0 Å². The van der Waals surface area contributed by atoms with Gasteiger partial charge in [-0.25, -0.2) is 0 Å². The van der Waals surface area contributed by atoms with Gasteiger partial charge in [-0.3, -0.25) is 0 Å². The lowest BCUT2D eigenvalue weighted by molar-refractivity contribution is 0.317. The van der Waals surface area contributed by atoms with E-state index in [4.69, 9.17) is 10.5 Å². The van der Waals surface area contributed by atoms with Crippen molar-refractivity contribution in [1.29, 1.82) is 0 Å². The van der Waals surface area contributed by atoms with Crippen LogP contribution in [0.4, 0.5) is 0 Å². The highest BCUT2D eigenvalue weighted by Gasteiger charge is 2.07. The number of hydrogen-bond acceptors (Lipinski definition) is 3. The molecule has 1 aromatic carbocycles. The Balaban J connectivity index is 2.60. The number of nitrogens with one attached hydrogen (secondary N) is 1. The van der Waals surface area contributed by atoms with E-state index in [-0.39, 0.29) is 6.04 Å². The van der Waals surface area contributed by atoms with E-state index in [0.717, 1.165) is 25.3 Å². The number of benzene rings is 1. The van der Waals surface area contributed by atoms with E-state index in [2.05, 4.69) is 31.0 Å². The molecule has 1 unspecified atom stereocenters. The molecule has 1 aromatic rings. The number of ether oxygens (including phenoxy) is 1. The summed E-state index contributed by atoms with van der Waals surface area (Å²) in [5.74, 6) is 0.912. The minimum absolute atomic E-state index is 0.174. The molecule has 0 radical (unpaired) electrons. The molecule has 1 atom stereocenters.